The molecule has 1 N–H and O–H groups in total. The van der Waals surface area contributed by atoms with Crippen molar-refractivity contribution in [3.05, 3.63) is 52.1 Å². The highest BCUT2D eigenvalue weighted by Crippen LogP contribution is 2.39. The first kappa shape index (κ1) is 15.3. The molecular formula is C20H23NO3. The number of ether oxygens (including phenoxy) is 3. The van der Waals surface area contributed by atoms with E-state index in [1.54, 1.807) is 7.11 Å². The van der Waals surface area contributed by atoms with Crippen LogP contribution in [-0.2, 0) is 6.42 Å². The highest BCUT2D eigenvalue weighted by Gasteiger charge is 2.26. The SMILES string of the molecule is COc1c(C)cc(C2NCCc3cc4c(cc32)OCCO4)cc1C. The quantitative estimate of drug-likeness (QED) is 0.919. The van der Waals surface area contributed by atoms with Crippen LogP contribution in [0.15, 0.2) is 24.3 Å². The fraction of sp³-hybridized carbons (Fsp3) is 0.400. The van der Waals surface area contributed by atoms with E-state index in [1.165, 1.54) is 27.8 Å². The summed E-state index contributed by atoms with van der Waals surface area (Å²) in [5.74, 6) is 2.70. The Balaban J connectivity index is 1.79. The molecule has 0 spiro atoms. The standard InChI is InChI=1S/C20H23NO3/c1-12-8-15(9-13(2)20(12)22-3)19-16-11-18-17(23-6-7-24-18)10-14(16)4-5-21-19/h8-11,19,21H,4-7H2,1-3H3. The third-order valence-corrected chi connectivity index (χ3v) is 4.88. The molecule has 1 unspecified atom stereocenters. The molecule has 24 heavy (non-hydrogen) atoms. The molecule has 2 aliphatic heterocycles. The van der Waals surface area contributed by atoms with Gasteiger partial charge in [0, 0.05) is 6.54 Å². The van der Waals surface area contributed by atoms with E-state index in [2.05, 4.69) is 43.4 Å². The molecule has 0 aromatic heterocycles. The highest BCUT2D eigenvalue weighted by atomic mass is 16.6. The molecule has 0 radical (unpaired) electrons. The van der Waals surface area contributed by atoms with Crippen LogP contribution >= 0.6 is 0 Å². The average Bonchev–Trinajstić information content (AvgIpc) is 2.59. The van der Waals surface area contributed by atoms with Crippen molar-refractivity contribution in [3.63, 3.8) is 0 Å². The van der Waals surface area contributed by atoms with Crippen LogP contribution in [0.3, 0.4) is 0 Å². The second-order valence-corrected chi connectivity index (χ2v) is 6.52. The summed E-state index contributed by atoms with van der Waals surface area (Å²) >= 11 is 0. The second kappa shape index (κ2) is 6.02. The molecular weight excluding hydrogens is 302 g/mol. The van der Waals surface area contributed by atoms with Crippen molar-refractivity contribution >= 4 is 0 Å². The van der Waals surface area contributed by atoms with E-state index in [9.17, 15) is 0 Å². The lowest BCUT2D eigenvalue weighted by Gasteiger charge is -2.30. The summed E-state index contributed by atoms with van der Waals surface area (Å²) in [5, 5.41) is 3.65. The highest BCUT2D eigenvalue weighted by molar-refractivity contribution is 5.53. The van der Waals surface area contributed by atoms with Gasteiger partial charge in [0.25, 0.3) is 0 Å². The number of nitrogens with one attached hydrogen (secondary N) is 1. The lowest BCUT2D eigenvalue weighted by molar-refractivity contribution is 0.171. The molecule has 0 saturated heterocycles. The number of hydrogen-bond acceptors (Lipinski definition) is 4. The van der Waals surface area contributed by atoms with Crippen molar-refractivity contribution < 1.29 is 14.2 Å². The van der Waals surface area contributed by atoms with Gasteiger partial charge in [0.2, 0.25) is 0 Å². The Morgan fingerprint density at radius 3 is 2.33 bits per heavy atom. The number of rotatable bonds is 2. The number of fused-ring (bicyclic) bond motifs is 2. The summed E-state index contributed by atoms with van der Waals surface area (Å²) in [5.41, 5.74) is 6.23. The van der Waals surface area contributed by atoms with Gasteiger partial charge in [-0.25, -0.2) is 0 Å². The zero-order valence-corrected chi connectivity index (χ0v) is 14.4. The number of aryl methyl sites for hydroxylation is 2. The molecule has 2 aromatic rings. The predicted octanol–water partition coefficient (Wildman–Crippen LogP) is 3.32. The molecule has 2 aromatic carbocycles. The van der Waals surface area contributed by atoms with Crippen LogP contribution in [0.25, 0.3) is 0 Å². The fourth-order valence-electron chi connectivity index (χ4n) is 3.86. The molecule has 4 rings (SSSR count). The largest absolute Gasteiger partial charge is 0.496 e. The van der Waals surface area contributed by atoms with Gasteiger partial charge in [0.1, 0.15) is 19.0 Å². The minimum atomic E-state index is 0.174. The van der Waals surface area contributed by atoms with Crippen LogP contribution in [0, 0.1) is 13.8 Å². The van der Waals surface area contributed by atoms with Crippen molar-refractivity contribution in [1.82, 2.24) is 5.32 Å². The third-order valence-electron chi connectivity index (χ3n) is 4.88. The van der Waals surface area contributed by atoms with Crippen molar-refractivity contribution in [2.45, 2.75) is 26.3 Å². The smallest absolute Gasteiger partial charge is 0.161 e. The Morgan fingerprint density at radius 2 is 1.67 bits per heavy atom. The van der Waals surface area contributed by atoms with Crippen LogP contribution in [0.2, 0.25) is 0 Å². The minimum Gasteiger partial charge on any atom is -0.496 e. The number of methoxy groups -OCH3 is 1. The summed E-state index contributed by atoms with van der Waals surface area (Å²) < 4.78 is 17.0. The molecule has 0 amide bonds. The van der Waals surface area contributed by atoms with Gasteiger partial charge in [0.05, 0.1) is 13.2 Å². The monoisotopic (exact) mass is 325 g/mol. The Labute approximate surface area is 142 Å². The average molecular weight is 325 g/mol. The first-order chi connectivity index (χ1) is 11.7. The molecule has 4 heteroatoms. The van der Waals surface area contributed by atoms with E-state index >= 15 is 0 Å². The van der Waals surface area contributed by atoms with Gasteiger partial charge < -0.3 is 19.5 Å². The molecule has 126 valence electrons. The topological polar surface area (TPSA) is 39.7 Å². The maximum Gasteiger partial charge on any atom is 0.161 e. The van der Waals surface area contributed by atoms with Crippen LogP contribution in [-0.4, -0.2) is 26.9 Å². The maximum atomic E-state index is 5.78. The lowest BCUT2D eigenvalue weighted by Crippen LogP contribution is -2.31. The summed E-state index contributed by atoms with van der Waals surface area (Å²) in [6.07, 6.45) is 1.01. The summed E-state index contributed by atoms with van der Waals surface area (Å²) in [7, 11) is 1.73. The summed E-state index contributed by atoms with van der Waals surface area (Å²) in [6, 6.07) is 8.91. The van der Waals surface area contributed by atoms with Crippen LogP contribution in [0.4, 0.5) is 0 Å². The summed E-state index contributed by atoms with van der Waals surface area (Å²) in [4.78, 5) is 0. The number of hydrogen-bond donors (Lipinski definition) is 1. The van der Waals surface area contributed by atoms with Gasteiger partial charge in [-0.05, 0) is 60.2 Å². The van der Waals surface area contributed by atoms with E-state index in [0.717, 1.165) is 30.2 Å². The van der Waals surface area contributed by atoms with Gasteiger partial charge in [-0.3, -0.25) is 0 Å². The first-order valence-corrected chi connectivity index (χ1v) is 8.48. The summed E-state index contributed by atoms with van der Waals surface area (Å²) in [6.45, 7) is 6.40. The van der Waals surface area contributed by atoms with Crippen molar-refractivity contribution in [1.29, 1.82) is 0 Å². The Morgan fingerprint density at radius 1 is 1.00 bits per heavy atom. The molecule has 2 heterocycles. The van der Waals surface area contributed by atoms with E-state index in [4.69, 9.17) is 14.2 Å². The van der Waals surface area contributed by atoms with Crippen molar-refractivity contribution in [2.24, 2.45) is 0 Å². The molecule has 4 nitrogen and oxygen atoms in total. The van der Waals surface area contributed by atoms with Gasteiger partial charge in [-0.2, -0.15) is 0 Å². The van der Waals surface area contributed by atoms with Crippen LogP contribution < -0.4 is 19.5 Å². The molecule has 0 aliphatic carbocycles. The first-order valence-electron chi connectivity index (χ1n) is 8.48. The van der Waals surface area contributed by atoms with E-state index in [1.807, 2.05) is 0 Å². The normalized spacial score (nSPS) is 18.9. The molecule has 0 bridgehead atoms. The molecule has 1 atom stereocenters. The van der Waals surface area contributed by atoms with E-state index in [-0.39, 0.29) is 6.04 Å². The lowest BCUT2D eigenvalue weighted by atomic mass is 9.88. The Kier molecular flexibility index (Phi) is 3.85. The fourth-order valence-corrected chi connectivity index (χ4v) is 3.86. The van der Waals surface area contributed by atoms with Gasteiger partial charge in [-0.1, -0.05) is 12.1 Å². The van der Waals surface area contributed by atoms with Crippen molar-refractivity contribution in [2.75, 3.05) is 26.9 Å². The van der Waals surface area contributed by atoms with Gasteiger partial charge >= 0.3 is 0 Å². The van der Waals surface area contributed by atoms with E-state index in [0.29, 0.717) is 13.2 Å². The molecule has 0 fully saturated rings. The number of benzene rings is 2. The van der Waals surface area contributed by atoms with E-state index < -0.39 is 0 Å². The zero-order valence-electron chi connectivity index (χ0n) is 14.4. The van der Waals surface area contributed by atoms with Gasteiger partial charge in [0.15, 0.2) is 11.5 Å². The second-order valence-electron chi connectivity index (χ2n) is 6.52. The minimum absolute atomic E-state index is 0.174. The zero-order chi connectivity index (χ0) is 16.7. The Hall–Kier alpha value is -2.20. The van der Waals surface area contributed by atoms with Crippen LogP contribution in [0.1, 0.15) is 33.9 Å². The third kappa shape index (κ3) is 2.51. The van der Waals surface area contributed by atoms with Gasteiger partial charge in [-0.15, -0.1) is 0 Å². The Bertz CT molecular complexity index is 762. The maximum absolute atomic E-state index is 5.78. The van der Waals surface area contributed by atoms with Crippen molar-refractivity contribution in [3.8, 4) is 17.2 Å². The predicted molar refractivity (Wildman–Crippen MR) is 93.4 cm³/mol. The molecule has 2 aliphatic rings. The van der Waals surface area contributed by atoms with Crippen LogP contribution in [0.5, 0.6) is 17.2 Å². The molecule has 0 saturated carbocycles.